The Morgan fingerprint density at radius 3 is 2.25 bits per heavy atom. The lowest BCUT2D eigenvalue weighted by Crippen LogP contribution is -2.40. The number of nitrogens with zero attached hydrogens (tertiary/aromatic N) is 1. The van der Waals surface area contributed by atoms with Crippen LogP contribution in [0, 0.1) is 0 Å². The Balaban J connectivity index is 2.78. The maximum Gasteiger partial charge on any atom is 0.410 e. The van der Waals surface area contributed by atoms with Crippen LogP contribution in [0.15, 0.2) is 18.2 Å². The van der Waals surface area contributed by atoms with Gasteiger partial charge in [-0.1, -0.05) is 44.5 Å². The number of likely N-dealkylation sites (N-methyl/N-ethyl adjacent to an activating group) is 1. The summed E-state index contributed by atoms with van der Waals surface area (Å²) in [6.45, 7) is 20.5. The minimum Gasteiger partial charge on any atom is -0.444 e. The Kier molecular flexibility index (Phi) is 8.60. The van der Waals surface area contributed by atoms with Crippen LogP contribution in [0.3, 0.4) is 0 Å². The fourth-order valence-corrected chi connectivity index (χ4v) is 3.46. The molecule has 0 aliphatic heterocycles. The Morgan fingerprint density at radius 1 is 1.14 bits per heavy atom. The van der Waals surface area contributed by atoms with Crippen molar-refractivity contribution in [2.45, 2.75) is 85.2 Å². The molecule has 1 aromatic rings. The fraction of sp³-hybridized carbons (Fsp3) is 0.682. The zero-order valence-corrected chi connectivity index (χ0v) is 20.9. The largest absolute Gasteiger partial charge is 0.444 e. The van der Waals surface area contributed by atoms with E-state index in [1.165, 1.54) is 0 Å². The molecule has 1 amide bonds. The molecule has 1 aromatic carbocycles. The minimum atomic E-state index is -1.84. The van der Waals surface area contributed by atoms with Crippen LogP contribution < -0.4 is 0 Å². The van der Waals surface area contributed by atoms with E-state index in [2.05, 4.69) is 39.9 Å². The Bertz CT molecular complexity index is 663. The van der Waals surface area contributed by atoms with Crippen molar-refractivity contribution in [1.82, 2.24) is 4.90 Å². The highest BCUT2D eigenvalue weighted by molar-refractivity contribution is 6.74. The van der Waals surface area contributed by atoms with Crippen LogP contribution in [-0.4, -0.2) is 38.0 Å². The third-order valence-corrected chi connectivity index (χ3v) is 10.1. The average Bonchev–Trinajstić information content (AvgIpc) is 2.52. The summed E-state index contributed by atoms with van der Waals surface area (Å²) in [5, 5.41) is 0.883. The van der Waals surface area contributed by atoms with Crippen molar-refractivity contribution in [2.24, 2.45) is 0 Å². The van der Waals surface area contributed by atoms with Gasteiger partial charge < -0.3 is 14.1 Å². The first-order valence-corrected chi connectivity index (χ1v) is 13.3. The number of amides is 1. The number of hydrogen-bond acceptors (Lipinski definition) is 3. The maximum absolute atomic E-state index is 12.3. The monoisotopic (exact) mass is 427 g/mol. The van der Waals surface area contributed by atoms with E-state index in [0.29, 0.717) is 19.7 Å². The van der Waals surface area contributed by atoms with Gasteiger partial charge in [0.2, 0.25) is 0 Å². The molecule has 4 nitrogen and oxygen atoms in total. The highest BCUT2D eigenvalue weighted by Gasteiger charge is 2.37. The van der Waals surface area contributed by atoms with Gasteiger partial charge in [-0.05, 0) is 69.4 Å². The van der Waals surface area contributed by atoms with E-state index in [-0.39, 0.29) is 11.1 Å². The molecular formula is C22H38ClNO3Si. The van der Waals surface area contributed by atoms with Crippen LogP contribution in [0.5, 0.6) is 0 Å². The number of rotatable bonds is 7. The van der Waals surface area contributed by atoms with Crippen LogP contribution in [0.25, 0.3) is 0 Å². The minimum absolute atomic E-state index is 0.159. The van der Waals surface area contributed by atoms with Crippen LogP contribution in [0.4, 0.5) is 4.79 Å². The predicted octanol–water partition coefficient (Wildman–Crippen LogP) is 6.66. The van der Waals surface area contributed by atoms with Crippen LogP contribution >= 0.6 is 11.6 Å². The van der Waals surface area contributed by atoms with Crippen molar-refractivity contribution < 1.29 is 14.0 Å². The lowest BCUT2D eigenvalue weighted by atomic mass is 10.1. The van der Waals surface area contributed by atoms with Crippen molar-refractivity contribution in [3.8, 4) is 0 Å². The van der Waals surface area contributed by atoms with Crippen molar-refractivity contribution in [3.05, 3.63) is 34.3 Å². The molecule has 160 valence electrons. The summed E-state index contributed by atoms with van der Waals surface area (Å²) >= 11 is 6.40. The van der Waals surface area contributed by atoms with Gasteiger partial charge in [0, 0.05) is 18.1 Å². The quantitative estimate of drug-likeness (QED) is 0.456. The Morgan fingerprint density at radius 2 is 1.75 bits per heavy atom. The average molecular weight is 428 g/mol. The third-order valence-electron chi connectivity index (χ3n) is 5.21. The standard InChI is InChI=1S/C22H38ClNO3Si/c1-10-24(20(25)27-21(2,3)4)14-13-17-11-12-19(23)18(15-17)16-26-28(8,9)22(5,6)7/h11-12,15H,10,13-14,16H2,1-9H3. The first kappa shape index (κ1) is 25.0. The first-order chi connectivity index (χ1) is 12.7. The number of benzene rings is 1. The SMILES string of the molecule is CCN(CCc1ccc(Cl)c(CO[Si](C)(C)C(C)(C)C)c1)C(=O)OC(C)(C)C. The molecule has 0 saturated carbocycles. The second kappa shape index (κ2) is 9.64. The van der Waals surface area contributed by atoms with E-state index < -0.39 is 13.9 Å². The van der Waals surface area contributed by atoms with Gasteiger partial charge in [-0.25, -0.2) is 4.79 Å². The van der Waals surface area contributed by atoms with Crippen LogP contribution in [0.1, 0.15) is 59.6 Å². The van der Waals surface area contributed by atoms with Gasteiger partial charge in [-0.3, -0.25) is 0 Å². The molecule has 0 aliphatic rings. The maximum atomic E-state index is 12.3. The van der Waals surface area contributed by atoms with Crippen molar-refractivity contribution in [2.75, 3.05) is 13.1 Å². The lowest BCUT2D eigenvalue weighted by Gasteiger charge is -2.36. The van der Waals surface area contributed by atoms with E-state index >= 15 is 0 Å². The van der Waals surface area contributed by atoms with E-state index in [4.69, 9.17) is 20.8 Å². The predicted molar refractivity (Wildman–Crippen MR) is 121 cm³/mol. The van der Waals surface area contributed by atoms with Gasteiger partial charge in [-0.15, -0.1) is 0 Å². The molecular weight excluding hydrogens is 390 g/mol. The summed E-state index contributed by atoms with van der Waals surface area (Å²) < 4.78 is 11.8. The summed E-state index contributed by atoms with van der Waals surface area (Å²) in [5.41, 5.74) is 1.66. The number of halogens is 1. The molecule has 0 heterocycles. The second-order valence-corrected chi connectivity index (χ2v) is 15.0. The summed E-state index contributed by atoms with van der Waals surface area (Å²) in [7, 11) is -1.84. The number of hydrogen-bond donors (Lipinski definition) is 0. The molecule has 0 fully saturated rings. The van der Waals surface area contributed by atoms with E-state index in [1.54, 1.807) is 4.90 Å². The summed E-state index contributed by atoms with van der Waals surface area (Å²) in [4.78, 5) is 14.0. The fourth-order valence-electron chi connectivity index (χ4n) is 2.34. The molecule has 0 saturated heterocycles. The van der Waals surface area contributed by atoms with Crippen LogP contribution in [-0.2, 0) is 22.2 Å². The Hall–Kier alpha value is -1.04. The van der Waals surface area contributed by atoms with Crippen molar-refractivity contribution in [1.29, 1.82) is 0 Å². The molecule has 0 unspecified atom stereocenters. The number of ether oxygens (including phenoxy) is 1. The summed E-state index contributed by atoms with van der Waals surface area (Å²) in [6, 6.07) is 6.03. The molecule has 6 heteroatoms. The number of carbonyl (C=O) groups excluding carboxylic acids is 1. The van der Waals surface area contributed by atoms with E-state index in [0.717, 1.165) is 22.6 Å². The lowest BCUT2D eigenvalue weighted by molar-refractivity contribution is 0.0262. The van der Waals surface area contributed by atoms with Gasteiger partial charge in [0.05, 0.1) is 6.61 Å². The molecule has 0 atom stereocenters. The van der Waals surface area contributed by atoms with Gasteiger partial charge in [0.1, 0.15) is 5.60 Å². The van der Waals surface area contributed by atoms with Gasteiger partial charge in [0.15, 0.2) is 8.32 Å². The molecule has 1 rings (SSSR count). The highest BCUT2D eigenvalue weighted by Crippen LogP contribution is 2.37. The van der Waals surface area contributed by atoms with E-state index in [9.17, 15) is 4.79 Å². The molecule has 0 aliphatic carbocycles. The molecule has 0 bridgehead atoms. The molecule has 0 spiro atoms. The highest BCUT2D eigenvalue weighted by atomic mass is 35.5. The van der Waals surface area contributed by atoms with Crippen LogP contribution in [0.2, 0.25) is 23.2 Å². The van der Waals surface area contributed by atoms with Gasteiger partial charge in [0.25, 0.3) is 0 Å². The third kappa shape index (κ3) is 7.76. The molecule has 28 heavy (non-hydrogen) atoms. The smallest absolute Gasteiger partial charge is 0.410 e. The summed E-state index contributed by atoms with van der Waals surface area (Å²) in [5.74, 6) is 0. The van der Waals surface area contributed by atoms with Crippen molar-refractivity contribution >= 4 is 26.0 Å². The zero-order valence-electron chi connectivity index (χ0n) is 19.1. The molecule has 0 aromatic heterocycles. The van der Waals surface area contributed by atoms with Crippen molar-refractivity contribution in [3.63, 3.8) is 0 Å². The molecule has 0 radical (unpaired) electrons. The van der Waals surface area contributed by atoms with Gasteiger partial charge in [-0.2, -0.15) is 0 Å². The van der Waals surface area contributed by atoms with Gasteiger partial charge >= 0.3 is 6.09 Å². The number of carbonyl (C=O) groups is 1. The Labute approximate surface area is 177 Å². The first-order valence-electron chi connectivity index (χ1n) is 10.1. The zero-order chi connectivity index (χ0) is 21.8. The topological polar surface area (TPSA) is 38.8 Å². The normalized spacial score (nSPS) is 12.8. The second-order valence-electron chi connectivity index (χ2n) is 9.78. The molecule has 0 N–H and O–H groups in total. The van der Waals surface area contributed by atoms with E-state index in [1.807, 2.05) is 39.8 Å². The summed E-state index contributed by atoms with van der Waals surface area (Å²) in [6.07, 6.45) is 0.475.